The molecule has 0 radical (unpaired) electrons. The molecule has 0 saturated heterocycles. The molecule has 3 aromatic rings. The average Bonchev–Trinajstić information content (AvgIpc) is 3.07. The fraction of sp³-hybridized carbons (Fsp3) is 0.375. The van der Waals surface area contributed by atoms with Crippen LogP contribution < -0.4 is 5.32 Å². The number of fused-ring (bicyclic) bond motifs is 1. The zero-order chi connectivity index (χ0) is 14.7. The van der Waals surface area contributed by atoms with E-state index in [9.17, 15) is 0 Å². The van der Waals surface area contributed by atoms with Crippen molar-refractivity contribution in [1.82, 2.24) is 24.6 Å². The first-order chi connectivity index (χ1) is 10.3. The lowest BCUT2D eigenvalue weighted by molar-refractivity contribution is 0.643. The third-order valence-corrected chi connectivity index (χ3v) is 3.81. The molecule has 0 saturated carbocycles. The van der Waals surface area contributed by atoms with Gasteiger partial charge in [0.1, 0.15) is 5.65 Å². The highest BCUT2D eigenvalue weighted by Gasteiger charge is 2.09. The lowest BCUT2D eigenvalue weighted by Crippen LogP contribution is -2.11. The highest BCUT2D eigenvalue weighted by Crippen LogP contribution is 2.19. The second-order valence-electron chi connectivity index (χ2n) is 5.20. The predicted molar refractivity (Wildman–Crippen MR) is 84.0 cm³/mol. The quantitative estimate of drug-likeness (QED) is 0.754. The Labute approximate surface area is 124 Å². The molecule has 0 bridgehead atoms. The maximum absolute atomic E-state index is 4.55. The number of nitrogens with one attached hydrogen (secondary N) is 1. The summed E-state index contributed by atoms with van der Waals surface area (Å²) in [5.74, 6) is 0. The summed E-state index contributed by atoms with van der Waals surface area (Å²) < 4.78 is 4.17. The Balaban J connectivity index is 1.86. The van der Waals surface area contributed by atoms with Crippen LogP contribution in [0.4, 0.5) is 0 Å². The summed E-state index contributed by atoms with van der Waals surface area (Å²) in [5, 5.41) is 8.85. The molecule has 0 aliphatic heterocycles. The number of pyridine rings is 1. The van der Waals surface area contributed by atoms with Crippen LogP contribution in [-0.4, -0.2) is 25.9 Å². The Morgan fingerprint density at radius 1 is 1.24 bits per heavy atom. The highest BCUT2D eigenvalue weighted by atomic mass is 15.3. The van der Waals surface area contributed by atoms with Gasteiger partial charge in [0.25, 0.3) is 0 Å². The fourth-order valence-electron chi connectivity index (χ4n) is 2.65. The Kier molecular flexibility index (Phi) is 4.01. The molecular weight excluding hydrogens is 262 g/mol. The van der Waals surface area contributed by atoms with Crippen molar-refractivity contribution in [2.24, 2.45) is 7.05 Å². The zero-order valence-corrected chi connectivity index (χ0v) is 12.6. The molecule has 0 unspecified atom stereocenters. The van der Waals surface area contributed by atoms with Crippen molar-refractivity contribution < 1.29 is 0 Å². The molecular formula is C16H21N5. The van der Waals surface area contributed by atoms with Crippen LogP contribution in [0.1, 0.15) is 18.2 Å². The second-order valence-corrected chi connectivity index (χ2v) is 5.20. The summed E-state index contributed by atoms with van der Waals surface area (Å²) in [5.41, 5.74) is 3.61. The van der Waals surface area contributed by atoms with Crippen molar-refractivity contribution in [3.05, 3.63) is 48.0 Å². The number of aryl methyl sites for hydroxylation is 3. The van der Waals surface area contributed by atoms with Crippen LogP contribution in [0.25, 0.3) is 11.0 Å². The molecule has 5 nitrogen and oxygen atoms in total. The van der Waals surface area contributed by atoms with Crippen LogP contribution in [0, 0.1) is 0 Å². The monoisotopic (exact) mass is 283 g/mol. The van der Waals surface area contributed by atoms with Gasteiger partial charge >= 0.3 is 0 Å². The van der Waals surface area contributed by atoms with E-state index in [1.165, 1.54) is 16.6 Å². The lowest BCUT2D eigenvalue weighted by atomic mass is 10.2. The predicted octanol–water partition coefficient (Wildman–Crippen LogP) is 2.12. The Morgan fingerprint density at radius 3 is 2.90 bits per heavy atom. The number of aromatic nitrogens is 4. The Bertz CT molecular complexity index is 725. The Hall–Kier alpha value is -2.14. The highest BCUT2D eigenvalue weighted by molar-refractivity contribution is 5.80. The second kappa shape index (κ2) is 6.10. The van der Waals surface area contributed by atoms with Crippen LogP contribution in [0.2, 0.25) is 0 Å². The maximum Gasteiger partial charge on any atom is 0.140 e. The van der Waals surface area contributed by atoms with Crippen LogP contribution in [-0.2, 0) is 26.6 Å². The minimum atomic E-state index is 0.886. The third kappa shape index (κ3) is 2.83. The molecule has 0 aliphatic rings. The topological polar surface area (TPSA) is 47.7 Å². The summed E-state index contributed by atoms with van der Waals surface area (Å²) in [6.45, 7) is 4.90. The molecule has 0 amide bonds. The maximum atomic E-state index is 4.55. The summed E-state index contributed by atoms with van der Waals surface area (Å²) in [7, 11) is 1.98. The van der Waals surface area contributed by atoms with Gasteiger partial charge in [-0.25, -0.2) is 4.98 Å². The van der Waals surface area contributed by atoms with E-state index in [0.717, 1.165) is 31.7 Å². The van der Waals surface area contributed by atoms with Gasteiger partial charge in [0, 0.05) is 56.2 Å². The molecule has 0 fully saturated rings. The largest absolute Gasteiger partial charge is 0.332 e. The first-order valence-electron chi connectivity index (χ1n) is 7.40. The van der Waals surface area contributed by atoms with Crippen LogP contribution in [0.3, 0.4) is 0 Å². The first-order valence-corrected chi connectivity index (χ1v) is 7.40. The van der Waals surface area contributed by atoms with Gasteiger partial charge in [-0.15, -0.1) is 0 Å². The van der Waals surface area contributed by atoms with Crippen molar-refractivity contribution in [2.75, 3.05) is 6.54 Å². The number of rotatable bonds is 6. The smallest absolute Gasteiger partial charge is 0.140 e. The number of hydrogen-bond donors (Lipinski definition) is 1. The van der Waals surface area contributed by atoms with Gasteiger partial charge in [-0.3, -0.25) is 4.68 Å². The lowest BCUT2D eigenvalue weighted by Gasteiger charge is -2.05. The summed E-state index contributed by atoms with van der Waals surface area (Å²) in [4.78, 5) is 4.55. The molecule has 3 rings (SSSR count). The van der Waals surface area contributed by atoms with Gasteiger partial charge in [0.05, 0.1) is 0 Å². The van der Waals surface area contributed by atoms with E-state index in [2.05, 4.69) is 45.2 Å². The van der Waals surface area contributed by atoms with Gasteiger partial charge < -0.3 is 9.88 Å². The van der Waals surface area contributed by atoms with Crippen molar-refractivity contribution in [3.63, 3.8) is 0 Å². The molecule has 0 atom stereocenters. The molecule has 1 N–H and O–H groups in total. The molecule has 0 aliphatic carbocycles. The van der Waals surface area contributed by atoms with Crippen molar-refractivity contribution in [1.29, 1.82) is 0 Å². The van der Waals surface area contributed by atoms with Crippen molar-refractivity contribution >= 4 is 11.0 Å². The minimum Gasteiger partial charge on any atom is -0.332 e. The summed E-state index contributed by atoms with van der Waals surface area (Å²) in [6, 6.07) is 6.22. The van der Waals surface area contributed by atoms with Gasteiger partial charge in [-0.2, -0.15) is 5.10 Å². The summed E-state index contributed by atoms with van der Waals surface area (Å²) in [6.07, 6.45) is 6.88. The molecule has 5 heteroatoms. The van der Waals surface area contributed by atoms with E-state index < -0.39 is 0 Å². The molecule has 21 heavy (non-hydrogen) atoms. The average molecular weight is 283 g/mol. The SMILES string of the molecule is CCNCc1cn(CCc2ccnn2C)c2ncccc12. The molecule has 110 valence electrons. The van der Waals surface area contributed by atoms with Crippen molar-refractivity contribution in [3.8, 4) is 0 Å². The molecule has 0 aromatic carbocycles. The van der Waals surface area contributed by atoms with Crippen LogP contribution in [0.5, 0.6) is 0 Å². The van der Waals surface area contributed by atoms with Gasteiger partial charge in [0.2, 0.25) is 0 Å². The number of nitrogens with zero attached hydrogens (tertiary/aromatic N) is 4. The fourth-order valence-corrected chi connectivity index (χ4v) is 2.65. The third-order valence-electron chi connectivity index (χ3n) is 3.81. The first kappa shape index (κ1) is 13.8. The molecule has 0 spiro atoms. The zero-order valence-electron chi connectivity index (χ0n) is 12.6. The normalized spacial score (nSPS) is 11.3. The van der Waals surface area contributed by atoms with E-state index in [1.807, 2.05) is 30.2 Å². The molecule has 3 heterocycles. The van der Waals surface area contributed by atoms with Crippen molar-refractivity contribution in [2.45, 2.75) is 26.4 Å². The van der Waals surface area contributed by atoms with Gasteiger partial charge in [0.15, 0.2) is 0 Å². The van der Waals surface area contributed by atoms with Gasteiger partial charge in [-0.1, -0.05) is 6.92 Å². The van der Waals surface area contributed by atoms with E-state index in [-0.39, 0.29) is 0 Å². The van der Waals surface area contributed by atoms with E-state index in [1.54, 1.807) is 0 Å². The minimum absolute atomic E-state index is 0.886. The van der Waals surface area contributed by atoms with E-state index >= 15 is 0 Å². The standard InChI is InChI=1S/C16H21N5/c1-3-17-11-13-12-21(16-15(13)5-4-8-18-16)10-7-14-6-9-19-20(14)2/h4-6,8-9,12,17H,3,7,10-11H2,1-2H3. The summed E-state index contributed by atoms with van der Waals surface area (Å²) >= 11 is 0. The van der Waals surface area contributed by atoms with E-state index in [4.69, 9.17) is 0 Å². The van der Waals surface area contributed by atoms with Gasteiger partial charge in [-0.05, 0) is 30.3 Å². The van der Waals surface area contributed by atoms with Crippen LogP contribution in [0.15, 0.2) is 36.8 Å². The molecule has 3 aromatic heterocycles. The number of hydrogen-bond acceptors (Lipinski definition) is 3. The van der Waals surface area contributed by atoms with E-state index in [0.29, 0.717) is 0 Å². The van der Waals surface area contributed by atoms with Crippen LogP contribution >= 0.6 is 0 Å². The Morgan fingerprint density at radius 2 is 2.14 bits per heavy atom.